The molecule has 27 heavy (non-hydrogen) atoms. The third-order valence-electron chi connectivity index (χ3n) is 4.15. The summed E-state index contributed by atoms with van der Waals surface area (Å²) in [5.41, 5.74) is 2.03. The van der Waals surface area contributed by atoms with E-state index in [1.54, 1.807) is 23.8 Å². The quantitative estimate of drug-likeness (QED) is 0.473. The van der Waals surface area contributed by atoms with Crippen LogP contribution in [-0.2, 0) is 0 Å². The summed E-state index contributed by atoms with van der Waals surface area (Å²) in [5, 5.41) is 2.35. The van der Waals surface area contributed by atoms with Gasteiger partial charge in [0, 0.05) is 5.56 Å². The largest absolute Gasteiger partial charge is 0.496 e. The Morgan fingerprint density at radius 3 is 2.67 bits per heavy atom. The van der Waals surface area contributed by atoms with Gasteiger partial charge in [-0.25, -0.2) is 4.98 Å². The molecule has 0 aliphatic heterocycles. The van der Waals surface area contributed by atoms with Crippen LogP contribution in [0.15, 0.2) is 64.8 Å². The van der Waals surface area contributed by atoms with Gasteiger partial charge in [-0.3, -0.25) is 9.36 Å². The van der Waals surface area contributed by atoms with E-state index in [-0.39, 0.29) is 5.56 Å². The third kappa shape index (κ3) is 3.27. The standard InChI is InChI=1S/C21H15ClN2O2S/c1-26-18-9-5-2-6-14(18)10-11-19-23-16-12-13-27-20(16)21(25)24(19)17-8-4-3-7-15(17)22/h2-13H,1H3. The van der Waals surface area contributed by atoms with Crippen molar-refractivity contribution < 1.29 is 4.74 Å². The smallest absolute Gasteiger partial charge is 0.276 e. The van der Waals surface area contributed by atoms with Crippen LogP contribution in [0.1, 0.15) is 11.4 Å². The summed E-state index contributed by atoms with van der Waals surface area (Å²) >= 11 is 7.74. The average Bonchev–Trinajstić information content (AvgIpc) is 3.16. The molecular formula is C21H15ClN2O2S. The summed E-state index contributed by atoms with van der Waals surface area (Å²) in [6, 6.07) is 16.8. The van der Waals surface area contributed by atoms with Gasteiger partial charge in [-0.2, -0.15) is 0 Å². The van der Waals surface area contributed by atoms with Crippen LogP contribution in [0.3, 0.4) is 0 Å². The van der Waals surface area contributed by atoms with Gasteiger partial charge < -0.3 is 4.74 Å². The summed E-state index contributed by atoms with van der Waals surface area (Å²) in [6.45, 7) is 0. The second-order valence-corrected chi connectivity index (χ2v) is 7.10. The molecule has 0 aliphatic rings. The fourth-order valence-corrected chi connectivity index (χ4v) is 3.86. The Kier molecular flexibility index (Phi) is 4.79. The molecule has 0 N–H and O–H groups in total. The van der Waals surface area contributed by atoms with Gasteiger partial charge in [-0.1, -0.05) is 41.9 Å². The van der Waals surface area contributed by atoms with Crippen molar-refractivity contribution in [2.75, 3.05) is 7.11 Å². The second-order valence-electron chi connectivity index (χ2n) is 5.77. The van der Waals surface area contributed by atoms with E-state index in [1.807, 2.05) is 60.0 Å². The minimum atomic E-state index is -0.136. The minimum Gasteiger partial charge on any atom is -0.496 e. The number of hydrogen-bond donors (Lipinski definition) is 0. The van der Waals surface area contributed by atoms with Gasteiger partial charge in [0.05, 0.1) is 23.3 Å². The van der Waals surface area contributed by atoms with E-state index in [0.29, 0.717) is 26.8 Å². The molecule has 0 amide bonds. The first-order valence-corrected chi connectivity index (χ1v) is 9.51. The Morgan fingerprint density at radius 1 is 1.07 bits per heavy atom. The molecule has 2 aromatic heterocycles. The average molecular weight is 395 g/mol. The molecule has 4 aromatic rings. The highest BCUT2D eigenvalue weighted by molar-refractivity contribution is 7.17. The number of halogens is 1. The minimum absolute atomic E-state index is 0.136. The first-order valence-electron chi connectivity index (χ1n) is 8.25. The van der Waals surface area contributed by atoms with Crippen LogP contribution in [0.2, 0.25) is 5.02 Å². The van der Waals surface area contributed by atoms with Gasteiger partial charge in [0.15, 0.2) is 0 Å². The highest BCUT2D eigenvalue weighted by Gasteiger charge is 2.14. The maximum atomic E-state index is 13.1. The zero-order chi connectivity index (χ0) is 18.8. The van der Waals surface area contributed by atoms with Crippen molar-refractivity contribution in [2.24, 2.45) is 0 Å². The third-order valence-corrected chi connectivity index (χ3v) is 5.36. The van der Waals surface area contributed by atoms with Crippen molar-refractivity contribution >= 4 is 45.3 Å². The van der Waals surface area contributed by atoms with Crippen LogP contribution in [-0.4, -0.2) is 16.7 Å². The highest BCUT2D eigenvalue weighted by Crippen LogP contribution is 2.24. The molecule has 4 rings (SSSR count). The molecule has 6 heteroatoms. The fourth-order valence-electron chi connectivity index (χ4n) is 2.88. The van der Waals surface area contributed by atoms with E-state index in [0.717, 1.165) is 11.3 Å². The molecule has 0 saturated carbocycles. The predicted molar refractivity (Wildman–Crippen MR) is 112 cm³/mol. The van der Waals surface area contributed by atoms with Crippen molar-refractivity contribution in [2.45, 2.75) is 0 Å². The number of para-hydroxylation sites is 2. The lowest BCUT2D eigenvalue weighted by atomic mass is 10.2. The van der Waals surface area contributed by atoms with E-state index < -0.39 is 0 Å². The zero-order valence-electron chi connectivity index (χ0n) is 14.4. The number of rotatable bonds is 4. The number of fused-ring (bicyclic) bond motifs is 1. The SMILES string of the molecule is COc1ccccc1C=Cc1nc2ccsc2c(=O)n1-c1ccccc1Cl. The first kappa shape index (κ1) is 17.5. The lowest BCUT2D eigenvalue weighted by Crippen LogP contribution is -2.21. The molecule has 0 unspecified atom stereocenters. The van der Waals surface area contributed by atoms with Crippen LogP contribution in [0.4, 0.5) is 0 Å². The summed E-state index contributed by atoms with van der Waals surface area (Å²) in [7, 11) is 1.63. The molecule has 0 bridgehead atoms. The van der Waals surface area contributed by atoms with E-state index in [9.17, 15) is 4.79 Å². The number of aromatic nitrogens is 2. The maximum absolute atomic E-state index is 13.1. The second kappa shape index (κ2) is 7.39. The number of thiophene rings is 1. The molecule has 134 valence electrons. The Labute approximate surface area is 165 Å². The van der Waals surface area contributed by atoms with Crippen LogP contribution >= 0.6 is 22.9 Å². The fraction of sp³-hybridized carbons (Fsp3) is 0.0476. The Balaban J connectivity index is 1.94. The Morgan fingerprint density at radius 2 is 1.85 bits per heavy atom. The molecule has 4 nitrogen and oxygen atoms in total. The highest BCUT2D eigenvalue weighted by atomic mass is 35.5. The number of ether oxygens (including phenoxy) is 1. The molecule has 0 atom stereocenters. The Bertz CT molecular complexity index is 1210. The van der Waals surface area contributed by atoms with E-state index in [4.69, 9.17) is 16.3 Å². The van der Waals surface area contributed by atoms with Crippen molar-refractivity contribution in [3.8, 4) is 11.4 Å². The topological polar surface area (TPSA) is 44.1 Å². The number of hydrogen-bond acceptors (Lipinski definition) is 4. The molecule has 0 aliphatic carbocycles. The van der Waals surface area contributed by atoms with E-state index >= 15 is 0 Å². The summed E-state index contributed by atoms with van der Waals surface area (Å²) in [5.74, 6) is 1.25. The maximum Gasteiger partial charge on any atom is 0.276 e. The summed E-state index contributed by atoms with van der Waals surface area (Å²) in [4.78, 5) is 17.8. The van der Waals surface area contributed by atoms with Crippen LogP contribution in [0, 0.1) is 0 Å². The number of methoxy groups -OCH3 is 1. The number of nitrogens with zero attached hydrogens (tertiary/aromatic N) is 2. The van der Waals surface area contributed by atoms with Crippen LogP contribution < -0.4 is 10.3 Å². The molecule has 0 radical (unpaired) electrons. The van der Waals surface area contributed by atoms with Gasteiger partial charge in [-0.15, -0.1) is 11.3 Å². The van der Waals surface area contributed by atoms with Gasteiger partial charge in [0.25, 0.3) is 5.56 Å². The summed E-state index contributed by atoms with van der Waals surface area (Å²) in [6.07, 6.45) is 3.69. The predicted octanol–water partition coefficient (Wildman–Crippen LogP) is 5.28. The first-order chi connectivity index (χ1) is 13.2. The zero-order valence-corrected chi connectivity index (χ0v) is 16.0. The van der Waals surface area contributed by atoms with Gasteiger partial charge in [-0.05, 0) is 41.8 Å². The van der Waals surface area contributed by atoms with Gasteiger partial charge in [0.1, 0.15) is 16.3 Å². The monoisotopic (exact) mass is 394 g/mol. The van der Waals surface area contributed by atoms with Crippen molar-refractivity contribution in [3.05, 3.63) is 86.7 Å². The normalized spacial score (nSPS) is 11.3. The summed E-state index contributed by atoms with van der Waals surface area (Å²) < 4.78 is 7.54. The van der Waals surface area contributed by atoms with Crippen LogP contribution in [0.25, 0.3) is 28.1 Å². The van der Waals surface area contributed by atoms with Gasteiger partial charge >= 0.3 is 0 Å². The molecule has 0 spiro atoms. The molecule has 0 fully saturated rings. The molecule has 2 heterocycles. The Hall–Kier alpha value is -2.89. The van der Waals surface area contributed by atoms with Crippen molar-refractivity contribution in [1.29, 1.82) is 0 Å². The molecule has 0 saturated heterocycles. The van der Waals surface area contributed by atoms with E-state index in [2.05, 4.69) is 4.98 Å². The van der Waals surface area contributed by atoms with Crippen molar-refractivity contribution in [1.82, 2.24) is 9.55 Å². The van der Waals surface area contributed by atoms with Gasteiger partial charge in [0.2, 0.25) is 0 Å². The molecule has 2 aromatic carbocycles. The van der Waals surface area contributed by atoms with E-state index in [1.165, 1.54) is 11.3 Å². The lowest BCUT2D eigenvalue weighted by molar-refractivity contribution is 0.414. The van der Waals surface area contributed by atoms with Crippen molar-refractivity contribution in [3.63, 3.8) is 0 Å². The van der Waals surface area contributed by atoms with Crippen LogP contribution in [0.5, 0.6) is 5.75 Å². The molecular weight excluding hydrogens is 380 g/mol. The lowest BCUT2D eigenvalue weighted by Gasteiger charge is -2.11. The number of benzene rings is 2.